The number of carboxylic acids is 1. The average Bonchev–Trinajstić information content (AvgIpc) is 0.772. The Kier molecular flexibility index (Phi) is 29.7. The van der Waals surface area contributed by atoms with Crippen molar-refractivity contribution in [3.63, 3.8) is 0 Å². The minimum absolute atomic E-state index is 0.741. The summed E-state index contributed by atoms with van der Waals surface area (Å²) in [5.74, 6) is -5.38. The number of hydrogen-bond acceptors (Lipinski definition) is 41. The van der Waals surface area contributed by atoms with Gasteiger partial charge in [0.05, 0.1) is 46.2 Å². The van der Waals surface area contributed by atoms with Gasteiger partial charge in [-0.15, -0.1) is 0 Å². The van der Waals surface area contributed by atoms with Crippen LogP contribution in [-0.2, 0) is 95.0 Å². The Morgan fingerprint density at radius 2 is 0.559 bits per heavy atom. The van der Waals surface area contributed by atoms with Crippen LogP contribution < -0.4 is 21.3 Å². The number of aliphatic carboxylic acids is 1. The topological polar surface area (TPSA) is 717 Å². The molecule has 0 unspecified atom stereocenters. The van der Waals surface area contributed by atoms with Crippen LogP contribution in [0.4, 0.5) is 0 Å². The lowest BCUT2D eigenvalue weighted by Crippen LogP contribution is -2.71. The molecule has 0 aromatic rings. The Morgan fingerprint density at radius 3 is 0.980 bits per heavy atom. The zero-order chi connectivity index (χ0) is 75.4. The van der Waals surface area contributed by atoms with Gasteiger partial charge in [-0.25, -0.2) is 4.79 Å². The summed E-state index contributed by atoms with van der Waals surface area (Å²) in [6.07, 6.45) is -74.7. The average molecular weight is 1490 g/mol. The predicted octanol–water partition coefficient (Wildman–Crippen LogP) is -17.8. The monoisotopic (exact) mass is 1490 g/mol. The Balaban J connectivity index is 1.03. The zero-order valence-corrected chi connectivity index (χ0v) is 54.5. The standard InChI is InChI=1S/C56H92N4O42/c1-12(68)57-23-31(76)40(20(9-65)88-49(23)87)95-50-24(58-13(2)69)33(78)42(22(11-67)93-50)97-54-39(84)45(30(75)19(8-64)90-54)100-56-47(35(80)27(72)16(5-61)92-56)102-51-25(59-14(3)70)32(77)41(21(10-66)94-51)96-52-26(60-15(4)71)43(28(73)17(6-62)89-52)98-55-38(83)44(29(74)18(7-63)91-55)99-53-37(82)34(79)36(81)46(101-53)48(85)86/h16-47,49-56,61-67,72-84,87H,5-11H2,1-4H3,(H,57,68)(H,58,69)(H,59,70)(H,60,71)(H,85,86)/t16-,17-,18-,19-,20-,21-,22-,23-,24-,25-,26-,27-,28+,29+,30-,31-,32-,33-,34+,35+,36+,37-,38-,39+,40-,41-,42-,43-,44+,45+,46+,47+,49-,50+,51+,52+,53-,54+,55+,56-/m1/s1. The number of carboxylic acid groups (broad SMARTS) is 1. The second-order valence-corrected chi connectivity index (χ2v) is 25.4. The molecule has 4 amide bonds. The van der Waals surface area contributed by atoms with E-state index in [1.807, 2.05) is 0 Å². The van der Waals surface area contributed by atoms with Crippen molar-refractivity contribution in [1.82, 2.24) is 21.3 Å². The van der Waals surface area contributed by atoms with Crippen molar-refractivity contribution in [3.05, 3.63) is 0 Å². The molecular weight excluding hydrogens is 1400 g/mol. The molecule has 40 atom stereocenters. The number of hydrogen-bond donors (Lipinski definition) is 26. The van der Waals surface area contributed by atoms with Crippen molar-refractivity contribution in [2.75, 3.05) is 46.2 Å². The molecule has 0 saturated carbocycles. The highest BCUT2D eigenvalue weighted by Gasteiger charge is 2.61. The van der Waals surface area contributed by atoms with Crippen LogP contribution in [0.3, 0.4) is 0 Å². The van der Waals surface area contributed by atoms with Crippen LogP contribution in [0, 0.1) is 0 Å². The van der Waals surface area contributed by atoms with Gasteiger partial charge in [0.25, 0.3) is 0 Å². The van der Waals surface area contributed by atoms with Crippen molar-refractivity contribution in [1.29, 1.82) is 0 Å². The van der Waals surface area contributed by atoms with Crippen LogP contribution >= 0.6 is 0 Å². The number of aliphatic hydroxyl groups is 21. The van der Waals surface area contributed by atoms with Crippen molar-refractivity contribution in [3.8, 4) is 0 Å². The van der Waals surface area contributed by atoms with Crippen molar-refractivity contribution >= 4 is 29.6 Å². The van der Waals surface area contributed by atoms with Gasteiger partial charge in [-0.1, -0.05) is 0 Å². The van der Waals surface area contributed by atoms with Crippen LogP contribution in [0.5, 0.6) is 0 Å². The summed E-state index contributed by atoms with van der Waals surface area (Å²) in [4.78, 5) is 62.5. The molecule has 0 aliphatic carbocycles. The first-order valence-electron chi connectivity index (χ1n) is 32.1. The third-order valence-electron chi connectivity index (χ3n) is 18.2. The summed E-state index contributed by atoms with van der Waals surface area (Å²) in [6.45, 7) is -3.77. The molecule has 0 spiro atoms. The van der Waals surface area contributed by atoms with Crippen molar-refractivity contribution in [2.24, 2.45) is 0 Å². The summed E-state index contributed by atoms with van der Waals surface area (Å²) >= 11 is 0. The Labute approximate surface area is 576 Å². The molecular formula is C56H92N4O42. The molecule has 0 aromatic carbocycles. The third-order valence-corrected chi connectivity index (χ3v) is 18.2. The van der Waals surface area contributed by atoms with E-state index in [-0.39, 0.29) is 0 Å². The van der Waals surface area contributed by atoms with E-state index in [0.29, 0.717) is 0 Å². The maximum Gasteiger partial charge on any atom is 0.335 e. The summed E-state index contributed by atoms with van der Waals surface area (Å²) < 4.78 is 87.3. The van der Waals surface area contributed by atoms with Crippen LogP contribution in [-0.4, -0.2) is 434 Å². The first kappa shape index (κ1) is 83.5. The molecule has 8 saturated heterocycles. The van der Waals surface area contributed by atoms with Gasteiger partial charge in [0, 0.05) is 27.7 Å². The van der Waals surface area contributed by atoms with E-state index in [2.05, 4.69) is 21.3 Å². The Morgan fingerprint density at radius 1 is 0.265 bits per heavy atom. The smallest absolute Gasteiger partial charge is 0.335 e. The molecule has 8 fully saturated rings. The number of amides is 4. The molecule has 46 heteroatoms. The van der Waals surface area contributed by atoms with E-state index in [9.17, 15) is 136 Å². The summed E-state index contributed by atoms with van der Waals surface area (Å²) in [5.41, 5.74) is 0. The summed E-state index contributed by atoms with van der Waals surface area (Å²) in [6, 6.07) is -7.27. The Hall–Kier alpha value is -4.09. The van der Waals surface area contributed by atoms with Gasteiger partial charge in [-0.3, -0.25) is 19.2 Å². The maximum atomic E-state index is 13.0. The summed E-state index contributed by atoms with van der Waals surface area (Å²) in [5, 5.41) is 251. The first-order valence-corrected chi connectivity index (χ1v) is 32.1. The van der Waals surface area contributed by atoms with Gasteiger partial charge >= 0.3 is 5.97 Å². The molecule has 8 aliphatic rings. The second-order valence-electron chi connectivity index (χ2n) is 25.4. The normalized spacial score (nSPS) is 47.9. The lowest BCUT2D eigenvalue weighted by molar-refractivity contribution is -0.395. The fourth-order valence-corrected chi connectivity index (χ4v) is 13.1. The van der Waals surface area contributed by atoms with Crippen LogP contribution in [0.15, 0.2) is 0 Å². The highest BCUT2D eigenvalue weighted by Crippen LogP contribution is 2.39. The predicted molar refractivity (Wildman–Crippen MR) is 311 cm³/mol. The van der Waals surface area contributed by atoms with Crippen molar-refractivity contribution < 1.29 is 207 Å². The summed E-state index contributed by atoms with van der Waals surface area (Å²) in [7, 11) is 0. The van der Waals surface area contributed by atoms with Crippen LogP contribution in [0.2, 0.25) is 0 Å². The van der Waals surface area contributed by atoms with Gasteiger partial charge in [0.1, 0.15) is 189 Å². The van der Waals surface area contributed by atoms with Gasteiger partial charge in [0.2, 0.25) is 23.6 Å². The molecule has 588 valence electrons. The molecule has 0 radical (unpaired) electrons. The number of carbonyl (C=O) groups excluding carboxylic acids is 4. The number of nitrogens with one attached hydrogen (secondary N) is 4. The van der Waals surface area contributed by atoms with E-state index in [4.69, 9.17) is 71.1 Å². The van der Waals surface area contributed by atoms with E-state index in [1.165, 1.54) is 0 Å². The van der Waals surface area contributed by atoms with Crippen molar-refractivity contribution in [2.45, 2.75) is 273 Å². The number of rotatable bonds is 26. The SMILES string of the molecule is CC(=O)N[C@@H]1[C@@H](O)[C@H](O[C@@H]2O[C@H](CO)[C@@H](O[C@@H]3O[C@H](CO)[C@@H](O)[C@H](O[C@H]4O[C@H](CO)[C@@H](O)[C@H](O)[C@@H]4O[C@@H]4O[C@H](CO)[C@@H](O[C@@H]5O[C@H](CO)[C@H](O)[C@H](O[C@@H]6O[C@H](CO)[C@H](O)[C@H](O[C@@H]7O[C@H](C(=O)O)[C@@H](O)[C@H](O)[C@H]7O)[C@H]6O)[C@H]5NC(C)=O)[C@H](O)[C@H]4NC(C)=O)[C@@H]3O)[C@H](O)[C@H]2NC(C)=O)[C@@H](CO)O[C@H]1O. The van der Waals surface area contributed by atoms with Gasteiger partial charge in [-0.2, -0.15) is 0 Å². The van der Waals surface area contributed by atoms with Gasteiger partial charge in [0.15, 0.2) is 56.4 Å². The molecule has 8 heterocycles. The zero-order valence-electron chi connectivity index (χ0n) is 54.5. The lowest BCUT2D eigenvalue weighted by Gasteiger charge is -2.51. The molecule has 0 bridgehead atoms. The highest BCUT2D eigenvalue weighted by molar-refractivity contribution is 5.75. The van der Waals surface area contributed by atoms with Gasteiger partial charge in [-0.05, 0) is 0 Å². The highest BCUT2D eigenvalue weighted by atomic mass is 16.8. The fraction of sp³-hybridized carbons (Fsp3) is 0.911. The lowest BCUT2D eigenvalue weighted by atomic mass is 9.93. The van der Waals surface area contributed by atoms with Crippen LogP contribution in [0.1, 0.15) is 27.7 Å². The van der Waals surface area contributed by atoms with E-state index >= 15 is 0 Å². The quantitative estimate of drug-likeness (QED) is 0.0382. The largest absolute Gasteiger partial charge is 0.479 e. The molecule has 0 aromatic heterocycles. The molecule has 8 aliphatic heterocycles. The van der Waals surface area contributed by atoms with E-state index in [1.54, 1.807) is 0 Å². The number of carbonyl (C=O) groups is 5. The minimum atomic E-state index is -2.37. The molecule has 46 nitrogen and oxygen atoms in total. The number of aliphatic hydroxyl groups excluding tert-OH is 21. The fourth-order valence-electron chi connectivity index (χ4n) is 13.1. The Bertz CT molecular complexity index is 2730. The van der Waals surface area contributed by atoms with Crippen LogP contribution in [0.25, 0.3) is 0 Å². The molecule has 102 heavy (non-hydrogen) atoms. The van der Waals surface area contributed by atoms with E-state index < -0.39 is 321 Å². The first-order chi connectivity index (χ1) is 48.2. The third kappa shape index (κ3) is 18.2. The number of ether oxygens (including phenoxy) is 15. The molecule has 8 rings (SSSR count). The maximum absolute atomic E-state index is 13.0. The second kappa shape index (κ2) is 36.2. The van der Waals surface area contributed by atoms with E-state index in [0.717, 1.165) is 27.7 Å². The minimum Gasteiger partial charge on any atom is -0.479 e. The molecule has 26 N–H and O–H groups in total. The van der Waals surface area contributed by atoms with Gasteiger partial charge < -0.3 is 205 Å².